The molecule has 2 heterocycles. The van der Waals surface area contributed by atoms with Crippen LogP contribution in [0.1, 0.15) is 23.7 Å². The van der Waals surface area contributed by atoms with Gasteiger partial charge < -0.3 is 9.88 Å². The van der Waals surface area contributed by atoms with Crippen LogP contribution in [0.25, 0.3) is 10.9 Å². The van der Waals surface area contributed by atoms with Gasteiger partial charge in [0.15, 0.2) is 0 Å². The molecule has 17 heavy (non-hydrogen) atoms. The molecule has 0 spiro atoms. The summed E-state index contributed by atoms with van der Waals surface area (Å²) in [6.45, 7) is 5.30. The van der Waals surface area contributed by atoms with Crippen LogP contribution in [0.5, 0.6) is 0 Å². The molecule has 90 valence electrons. The van der Waals surface area contributed by atoms with Crippen molar-refractivity contribution in [3.05, 3.63) is 34.0 Å². The summed E-state index contributed by atoms with van der Waals surface area (Å²) in [5, 5.41) is 5.75. The Morgan fingerprint density at radius 3 is 2.94 bits per heavy atom. The first-order valence-corrected chi connectivity index (χ1v) is 6.46. The molecule has 1 unspecified atom stereocenters. The summed E-state index contributed by atoms with van der Waals surface area (Å²) in [4.78, 5) is 0. The van der Waals surface area contributed by atoms with Gasteiger partial charge in [0.2, 0.25) is 0 Å². The van der Waals surface area contributed by atoms with Crippen molar-refractivity contribution in [2.75, 3.05) is 0 Å². The van der Waals surface area contributed by atoms with E-state index < -0.39 is 0 Å². The van der Waals surface area contributed by atoms with Gasteiger partial charge in [-0.25, -0.2) is 0 Å². The maximum Gasteiger partial charge on any atom is 0.0527 e. The van der Waals surface area contributed by atoms with Crippen molar-refractivity contribution >= 4 is 22.5 Å². The molecule has 0 bridgehead atoms. The van der Waals surface area contributed by atoms with Crippen molar-refractivity contribution < 1.29 is 0 Å². The summed E-state index contributed by atoms with van der Waals surface area (Å²) in [7, 11) is 2.14. The number of fused-ring (bicyclic) bond motifs is 3. The standard InChI is InChI=1S/C14H17ClN2/c1-8-6-11-10-4-5-12(15)9(2)14(10)17(3)13(11)7-16-8/h4-5,8,16H,6-7H2,1-3H3. The summed E-state index contributed by atoms with van der Waals surface area (Å²) in [6.07, 6.45) is 1.10. The third-order valence-corrected chi connectivity index (χ3v) is 4.32. The lowest BCUT2D eigenvalue weighted by molar-refractivity contribution is 0.500. The first-order chi connectivity index (χ1) is 8.09. The molecule has 1 aromatic carbocycles. The minimum Gasteiger partial charge on any atom is -0.346 e. The van der Waals surface area contributed by atoms with Gasteiger partial charge in [-0.15, -0.1) is 0 Å². The molecule has 0 radical (unpaired) electrons. The largest absolute Gasteiger partial charge is 0.346 e. The Labute approximate surface area is 107 Å². The zero-order chi connectivity index (χ0) is 12.2. The van der Waals surface area contributed by atoms with Crippen molar-refractivity contribution in [3.8, 4) is 0 Å². The molecule has 1 aromatic heterocycles. The minimum atomic E-state index is 0.559. The molecule has 0 fully saturated rings. The van der Waals surface area contributed by atoms with Gasteiger partial charge in [0.05, 0.1) is 5.52 Å². The Kier molecular flexibility index (Phi) is 2.46. The number of rotatable bonds is 0. The average molecular weight is 249 g/mol. The molecule has 1 aliphatic heterocycles. The maximum absolute atomic E-state index is 6.22. The number of hydrogen-bond donors (Lipinski definition) is 1. The second-order valence-electron chi connectivity index (χ2n) is 5.04. The van der Waals surface area contributed by atoms with Gasteiger partial charge in [0, 0.05) is 35.7 Å². The Balaban J connectivity index is 2.38. The summed E-state index contributed by atoms with van der Waals surface area (Å²) >= 11 is 6.22. The Hall–Kier alpha value is -0.990. The Bertz CT molecular complexity index is 598. The van der Waals surface area contributed by atoms with Gasteiger partial charge >= 0.3 is 0 Å². The predicted octanol–water partition coefficient (Wildman–Crippen LogP) is 3.17. The van der Waals surface area contributed by atoms with Crippen molar-refractivity contribution in [2.24, 2.45) is 7.05 Å². The van der Waals surface area contributed by atoms with Gasteiger partial charge in [-0.3, -0.25) is 0 Å². The van der Waals surface area contributed by atoms with Gasteiger partial charge in [-0.1, -0.05) is 17.7 Å². The highest BCUT2D eigenvalue weighted by atomic mass is 35.5. The van der Waals surface area contributed by atoms with Crippen molar-refractivity contribution in [3.63, 3.8) is 0 Å². The summed E-state index contributed by atoms with van der Waals surface area (Å²) in [5.41, 5.74) is 5.38. The van der Waals surface area contributed by atoms with E-state index in [0.29, 0.717) is 6.04 Å². The van der Waals surface area contributed by atoms with Crippen LogP contribution >= 0.6 is 11.6 Å². The smallest absolute Gasteiger partial charge is 0.0527 e. The molecular weight excluding hydrogens is 232 g/mol. The van der Waals surface area contributed by atoms with E-state index in [-0.39, 0.29) is 0 Å². The Morgan fingerprint density at radius 2 is 2.18 bits per heavy atom. The zero-order valence-electron chi connectivity index (χ0n) is 10.5. The molecule has 1 aliphatic rings. The molecule has 0 aliphatic carbocycles. The van der Waals surface area contributed by atoms with Crippen LogP contribution < -0.4 is 5.32 Å². The van der Waals surface area contributed by atoms with E-state index in [0.717, 1.165) is 18.0 Å². The number of nitrogens with zero attached hydrogens (tertiary/aromatic N) is 1. The minimum absolute atomic E-state index is 0.559. The van der Waals surface area contributed by atoms with E-state index in [1.54, 1.807) is 0 Å². The number of benzene rings is 1. The van der Waals surface area contributed by atoms with E-state index in [1.165, 1.54) is 27.7 Å². The lowest BCUT2D eigenvalue weighted by Crippen LogP contribution is -2.33. The molecule has 0 saturated heterocycles. The van der Waals surface area contributed by atoms with E-state index in [9.17, 15) is 0 Å². The van der Waals surface area contributed by atoms with Crippen LogP contribution in [0, 0.1) is 6.92 Å². The van der Waals surface area contributed by atoms with Gasteiger partial charge in [-0.05, 0) is 37.5 Å². The molecule has 0 saturated carbocycles. The first kappa shape index (κ1) is 11.1. The second-order valence-corrected chi connectivity index (χ2v) is 5.45. The van der Waals surface area contributed by atoms with Crippen LogP contribution in [-0.2, 0) is 20.0 Å². The van der Waals surface area contributed by atoms with Crippen LogP contribution in [0.3, 0.4) is 0 Å². The van der Waals surface area contributed by atoms with Crippen molar-refractivity contribution in [1.29, 1.82) is 0 Å². The first-order valence-electron chi connectivity index (χ1n) is 6.08. The third kappa shape index (κ3) is 1.51. The SMILES string of the molecule is Cc1c(Cl)ccc2c3c(n(C)c12)CNC(C)C3. The van der Waals surface area contributed by atoms with Crippen LogP contribution in [0.4, 0.5) is 0 Å². The van der Waals surface area contributed by atoms with Crippen molar-refractivity contribution in [2.45, 2.75) is 32.9 Å². The molecule has 1 N–H and O–H groups in total. The van der Waals surface area contributed by atoms with E-state index in [4.69, 9.17) is 11.6 Å². The topological polar surface area (TPSA) is 17.0 Å². The summed E-state index contributed by atoms with van der Waals surface area (Å²) in [6, 6.07) is 4.75. The van der Waals surface area contributed by atoms with Crippen LogP contribution in [-0.4, -0.2) is 10.6 Å². The fourth-order valence-corrected chi connectivity index (χ4v) is 3.10. The summed E-state index contributed by atoms with van der Waals surface area (Å²) < 4.78 is 2.30. The van der Waals surface area contributed by atoms with Gasteiger partial charge in [0.1, 0.15) is 0 Å². The third-order valence-electron chi connectivity index (χ3n) is 3.91. The van der Waals surface area contributed by atoms with Crippen LogP contribution in [0.2, 0.25) is 5.02 Å². The van der Waals surface area contributed by atoms with E-state index in [1.807, 2.05) is 6.07 Å². The number of aromatic nitrogens is 1. The molecule has 3 heteroatoms. The van der Waals surface area contributed by atoms with Crippen LogP contribution in [0.15, 0.2) is 12.1 Å². The highest BCUT2D eigenvalue weighted by molar-refractivity contribution is 6.32. The fourth-order valence-electron chi connectivity index (χ4n) is 2.95. The lowest BCUT2D eigenvalue weighted by Gasteiger charge is -2.21. The highest BCUT2D eigenvalue weighted by Crippen LogP contribution is 2.33. The quantitative estimate of drug-likeness (QED) is 0.758. The van der Waals surface area contributed by atoms with Crippen molar-refractivity contribution in [1.82, 2.24) is 9.88 Å². The Morgan fingerprint density at radius 1 is 1.41 bits per heavy atom. The second kappa shape index (κ2) is 3.76. The molecule has 0 amide bonds. The number of hydrogen-bond acceptors (Lipinski definition) is 1. The predicted molar refractivity (Wildman–Crippen MR) is 72.7 cm³/mol. The van der Waals surface area contributed by atoms with Gasteiger partial charge in [0.25, 0.3) is 0 Å². The van der Waals surface area contributed by atoms with Gasteiger partial charge in [-0.2, -0.15) is 0 Å². The molecule has 3 rings (SSSR count). The molecule has 2 nitrogen and oxygen atoms in total. The molecule has 2 aromatic rings. The normalized spacial score (nSPS) is 19.6. The molecule has 1 atom stereocenters. The molecular formula is C14H17ClN2. The monoisotopic (exact) mass is 248 g/mol. The summed E-state index contributed by atoms with van der Waals surface area (Å²) in [5.74, 6) is 0. The van der Waals surface area contributed by atoms with E-state index >= 15 is 0 Å². The van der Waals surface area contributed by atoms with E-state index in [2.05, 4.69) is 36.8 Å². The number of halogens is 1. The number of aryl methyl sites for hydroxylation is 2. The maximum atomic E-state index is 6.22. The zero-order valence-corrected chi connectivity index (χ0v) is 11.2. The average Bonchev–Trinajstić information content (AvgIpc) is 2.58. The fraction of sp³-hybridized carbons (Fsp3) is 0.429. The highest BCUT2D eigenvalue weighted by Gasteiger charge is 2.22. The number of nitrogens with one attached hydrogen (secondary N) is 1. The lowest BCUT2D eigenvalue weighted by atomic mass is 9.99.